The second-order valence-corrected chi connectivity index (χ2v) is 7.00. The zero-order chi connectivity index (χ0) is 16.2. The molecule has 1 aliphatic rings. The van der Waals surface area contributed by atoms with Gasteiger partial charge in [-0.3, -0.25) is 4.79 Å². The molecule has 0 aliphatic heterocycles. The Morgan fingerprint density at radius 2 is 2.13 bits per heavy atom. The summed E-state index contributed by atoms with van der Waals surface area (Å²) in [7, 11) is 0. The molecule has 0 saturated heterocycles. The fraction of sp³-hybridized carbons (Fsp3) is 0.444. The first-order valence-corrected chi connectivity index (χ1v) is 9.22. The first-order valence-electron chi connectivity index (χ1n) is 8.23. The zero-order valence-corrected chi connectivity index (χ0v) is 14.5. The van der Waals surface area contributed by atoms with E-state index in [0.717, 1.165) is 17.3 Å². The lowest BCUT2D eigenvalue weighted by Gasteiger charge is -2.12. The molecule has 1 amide bonds. The molecule has 1 aromatic heterocycles. The van der Waals surface area contributed by atoms with E-state index in [2.05, 4.69) is 33.9 Å². The van der Waals surface area contributed by atoms with Gasteiger partial charge >= 0.3 is 0 Å². The summed E-state index contributed by atoms with van der Waals surface area (Å²) in [6, 6.07) is 11.1. The molecule has 122 valence electrons. The van der Waals surface area contributed by atoms with Gasteiger partial charge in [0.25, 0.3) is 0 Å². The molecule has 2 aromatic rings. The Bertz CT molecular complexity index is 664. The summed E-state index contributed by atoms with van der Waals surface area (Å²) in [5, 5.41) is 3.96. The standard InChI is InChI=1S/C18H23N3OS/c1-3-13(2)20-17(22)12-23-18-19-11-16(21(18)15-9-10-15)14-7-5-4-6-8-14/h4-8,11,13,15H,3,9-10,12H2,1-2H3,(H,20,22). The van der Waals surface area contributed by atoms with Crippen LogP contribution in [0.5, 0.6) is 0 Å². The number of aromatic nitrogens is 2. The number of hydrogen-bond acceptors (Lipinski definition) is 3. The maximum absolute atomic E-state index is 12.0. The molecule has 1 heterocycles. The minimum Gasteiger partial charge on any atom is -0.353 e. The minimum absolute atomic E-state index is 0.0796. The van der Waals surface area contributed by atoms with Gasteiger partial charge in [0.15, 0.2) is 5.16 Å². The molecule has 1 saturated carbocycles. The van der Waals surface area contributed by atoms with Crippen molar-refractivity contribution in [3.05, 3.63) is 36.5 Å². The van der Waals surface area contributed by atoms with E-state index >= 15 is 0 Å². The van der Waals surface area contributed by atoms with Crippen LogP contribution in [0.3, 0.4) is 0 Å². The highest BCUT2D eigenvalue weighted by Gasteiger charge is 2.29. The molecule has 0 radical (unpaired) electrons. The highest BCUT2D eigenvalue weighted by molar-refractivity contribution is 7.99. The Morgan fingerprint density at radius 3 is 2.78 bits per heavy atom. The van der Waals surface area contributed by atoms with Gasteiger partial charge in [-0.15, -0.1) is 0 Å². The number of hydrogen-bond donors (Lipinski definition) is 1. The summed E-state index contributed by atoms with van der Waals surface area (Å²) in [6.07, 6.45) is 5.28. The number of nitrogens with zero attached hydrogens (tertiary/aromatic N) is 2. The summed E-state index contributed by atoms with van der Waals surface area (Å²) in [5.74, 6) is 0.499. The molecule has 3 rings (SSSR count). The van der Waals surface area contributed by atoms with Crippen LogP contribution in [0.2, 0.25) is 0 Å². The van der Waals surface area contributed by atoms with Crippen LogP contribution >= 0.6 is 11.8 Å². The molecule has 1 N–H and O–H groups in total. The van der Waals surface area contributed by atoms with Gasteiger partial charge in [-0.2, -0.15) is 0 Å². The largest absolute Gasteiger partial charge is 0.353 e. The monoisotopic (exact) mass is 329 g/mol. The smallest absolute Gasteiger partial charge is 0.230 e. The SMILES string of the molecule is CCC(C)NC(=O)CSc1ncc(-c2ccccc2)n1C1CC1. The summed E-state index contributed by atoms with van der Waals surface area (Å²) in [6.45, 7) is 4.10. The molecule has 1 atom stereocenters. The summed E-state index contributed by atoms with van der Waals surface area (Å²) in [5.41, 5.74) is 2.33. The van der Waals surface area contributed by atoms with E-state index in [1.54, 1.807) is 0 Å². The number of thioether (sulfide) groups is 1. The van der Waals surface area contributed by atoms with Gasteiger partial charge in [0, 0.05) is 12.1 Å². The van der Waals surface area contributed by atoms with Crippen molar-refractivity contribution in [2.24, 2.45) is 0 Å². The number of rotatable bonds is 7. The Balaban J connectivity index is 1.73. The van der Waals surface area contributed by atoms with Crippen molar-refractivity contribution in [1.29, 1.82) is 0 Å². The molecule has 0 bridgehead atoms. The molecule has 0 spiro atoms. The van der Waals surface area contributed by atoms with E-state index < -0.39 is 0 Å². The van der Waals surface area contributed by atoms with Crippen LogP contribution in [0.1, 0.15) is 39.2 Å². The van der Waals surface area contributed by atoms with Crippen LogP contribution in [-0.2, 0) is 4.79 Å². The van der Waals surface area contributed by atoms with Crippen LogP contribution in [-0.4, -0.2) is 27.3 Å². The van der Waals surface area contributed by atoms with E-state index in [4.69, 9.17) is 0 Å². The third-order valence-corrected chi connectivity index (χ3v) is 5.06. The third kappa shape index (κ3) is 3.96. The predicted molar refractivity (Wildman–Crippen MR) is 94.6 cm³/mol. The van der Waals surface area contributed by atoms with E-state index in [0.29, 0.717) is 11.8 Å². The lowest BCUT2D eigenvalue weighted by molar-refractivity contribution is -0.119. The molecule has 23 heavy (non-hydrogen) atoms. The van der Waals surface area contributed by atoms with Gasteiger partial charge in [-0.05, 0) is 31.7 Å². The van der Waals surface area contributed by atoms with Gasteiger partial charge < -0.3 is 9.88 Å². The molecule has 1 aliphatic carbocycles. The highest BCUT2D eigenvalue weighted by Crippen LogP contribution is 2.41. The Labute approximate surface area is 141 Å². The first kappa shape index (κ1) is 16.1. The van der Waals surface area contributed by atoms with Gasteiger partial charge in [0.05, 0.1) is 17.6 Å². The second kappa shape index (κ2) is 7.21. The summed E-state index contributed by atoms with van der Waals surface area (Å²) in [4.78, 5) is 16.6. The molecule has 1 aromatic carbocycles. The van der Waals surface area contributed by atoms with Crippen LogP contribution in [0.4, 0.5) is 0 Å². The van der Waals surface area contributed by atoms with E-state index in [1.165, 1.54) is 30.2 Å². The van der Waals surface area contributed by atoms with Crippen molar-refractivity contribution in [3.63, 3.8) is 0 Å². The quantitative estimate of drug-likeness (QED) is 0.784. The molecule has 5 heteroatoms. The highest BCUT2D eigenvalue weighted by atomic mass is 32.2. The third-order valence-electron chi connectivity index (χ3n) is 4.10. The number of benzene rings is 1. The second-order valence-electron chi connectivity index (χ2n) is 6.06. The first-order chi connectivity index (χ1) is 11.2. The van der Waals surface area contributed by atoms with Crippen molar-refractivity contribution >= 4 is 17.7 Å². The number of nitrogens with one attached hydrogen (secondary N) is 1. The van der Waals surface area contributed by atoms with Crippen molar-refractivity contribution in [3.8, 4) is 11.3 Å². The lowest BCUT2D eigenvalue weighted by Crippen LogP contribution is -2.33. The van der Waals surface area contributed by atoms with E-state index in [1.807, 2.05) is 31.3 Å². The van der Waals surface area contributed by atoms with Crippen LogP contribution in [0.15, 0.2) is 41.7 Å². The maximum Gasteiger partial charge on any atom is 0.230 e. The molecule has 1 fully saturated rings. The van der Waals surface area contributed by atoms with E-state index in [-0.39, 0.29) is 11.9 Å². The summed E-state index contributed by atoms with van der Waals surface area (Å²) >= 11 is 1.53. The van der Waals surface area contributed by atoms with Crippen LogP contribution in [0, 0.1) is 0 Å². The van der Waals surface area contributed by atoms with Crippen molar-refractivity contribution in [2.45, 2.75) is 50.4 Å². The number of carbonyl (C=O) groups excluding carboxylic acids is 1. The number of carbonyl (C=O) groups is 1. The maximum atomic E-state index is 12.0. The van der Waals surface area contributed by atoms with Crippen molar-refractivity contribution in [2.75, 3.05) is 5.75 Å². The van der Waals surface area contributed by atoms with E-state index in [9.17, 15) is 4.79 Å². The lowest BCUT2D eigenvalue weighted by atomic mass is 10.2. The minimum atomic E-state index is 0.0796. The topological polar surface area (TPSA) is 46.9 Å². The average Bonchev–Trinajstić information content (AvgIpc) is 3.33. The normalized spacial score (nSPS) is 15.4. The molecule has 4 nitrogen and oxygen atoms in total. The zero-order valence-electron chi connectivity index (χ0n) is 13.7. The van der Waals surface area contributed by atoms with Gasteiger partial charge in [-0.1, -0.05) is 49.0 Å². The fourth-order valence-electron chi connectivity index (χ4n) is 2.51. The van der Waals surface area contributed by atoms with Gasteiger partial charge in [0.1, 0.15) is 0 Å². The predicted octanol–water partition coefficient (Wildman–Crippen LogP) is 3.89. The molecular formula is C18H23N3OS. The van der Waals surface area contributed by atoms with Crippen LogP contribution in [0.25, 0.3) is 11.3 Å². The average molecular weight is 329 g/mol. The fourth-order valence-corrected chi connectivity index (χ4v) is 3.36. The Kier molecular flexibility index (Phi) is 5.06. The van der Waals surface area contributed by atoms with Gasteiger partial charge in [-0.25, -0.2) is 4.98 Å². The molecule has 1 unspecified atom stereocenters. The Hall–Kier alpha value is -1.75. The van der Waals surface area contributed by atoms with Crippen LogP contribution < -0.4 is 5.32 Å². The van der Waals surface area contributed by atoms with Gasteiger partial charge in [0.2, 0.25) is 5.91 Å². The van der Waals surface area contributed by atoms with Crippen molar-refractivity contribution in [1.82, 2.24) is 14.9 Å². The summed E-state index contributed by atoms with van der Waals surface area (Å²) < 4.78 is 2.30. The Morgan fingerprint density at radius 1 is 1.39 bits per heavy atom. The van der Waals surface area contributed by atoms with Crippen molar-refractivity contribution < 1.29 is 4.79 Å². The molecular weight excluding hydrogens is 306 g/mol. The number of amides is 1. The number of imidazole rings is 1.